The van der Waals surface area contributed by atoms with Crippen LogP contribution in [-0.2, 0) is 21.2 Å². The maximum Gasteiger partial charge on any atom is 0.273 e. The van der Waals surface area contributed by atoms with Gasteiger partial charge in [-0.2, -0.15) is 0 Å². The Hall–Kier alpha value is -0.680. The van der Waals surface area contributed by atoms with E-state index in [0.717, 1.165) is 22.7 Å². The third-order valence-corrected chi connectivity index (χ3v) is 7.31. The van der Waals surface area contributed by atoms with E-state index in [0.29, 0.717) is 13.7 Å². The van der Waals surface area contributed by atoms with Crippen LogP contribution in [0.1, 0.15) is 4.88 Å². The Kier molecular flexibility index (Phi) is 4.69. The molecule has 0 atom stereocenters. The van der Waals surface area contributed by atoms with Crippen molar-refractivity contribution in [2.75, 3.05) is 4.72 Å². The minimum atomic E-state index is -3.79. The van der Waals surface area contributed by atoms with Gasteiger partial charge in [0.1, 0.15) is 8.55 Å². The van der Waals surface area contributed by atoms with E-state index in [2.05, 4.69) is 25.6 Å². The Morgan fingerprint density at radius 1 is 1.50 bits per heavy atom. The van der Waals surface area contributed by atoms with Crippen LogP contribution in [0.25, 0.3) is 0 Å². The number of hydrogen-bond acceptors (Lipinski definition) is 7. The van der Waals surface area contributed by atoms with Gasteiger partial charge in [0.2, 0.25) is 0 Å². The van der Waals surface area contributed by atoms with E-state index in [1.165, 1.54) is 12.3 Å². The maximum atomic E-state index is 12.1. The Morgan fingerprint density at radius 2 is 2.20 bits per heavy atom. The normalized spacial score (nSPS) is 11.5. The Labute approximate surface area is 135 Å². The number of carboxylic acid groups (broad SMARTS) is 1. The fourth-order valence-corrected chi connectivity index (χ4v) is 5.54. The molecule has 0 radical (unpaired) electrons. The summed E-state index contributed by atoms with van der Waals surface area (Å²) in [5, 5.41) is 10.5. The Balaban J connectivity index is 2.20. The molecule has 0 saturated carbocycles. The van der Waals surface area contributed by atoms with Crippen LogP contribution in [0.2, 0.25) is 4.34 Å². The summed E-state index contributed by atoms with van der Waals surface area (Å²) >= 11 is 10.8. The maximum absolute atomic E-state index is 12.1. The molecule has 0 fully saturated rings. The zero-order chi connectivity index (χ0) is 14.9. The molecule has 0 amide bonds. The fraction of sp³-hybridized carbons (Fsp3) is 0.111. The van der Waals surface area contributed by atoms with Gasteiger partial charge in [-0.25, -0.2) is 13.4 Å². The molecule has 0 aliphatic rings. The predicted molar refractivity (Wildman–Crippen MR) is 78.7 cm³/mol. The van der Waals surface area contributed by atoms with Crippen molar-refractivity contribution in [2.45, 2.75) is 10.6 Å². The lowest BCUT2D eigenvalue weighted by atomic mass is 10.4. The van der Waals surface area contributed by atoms with E-state index in [-0.39, 0.29) is 15.8 Å². The number of carboxylic acids is 1. The minimum absolute atomic E-state index is 0.0334. The SMILES string of the molecule is O=C([O-])Cc1cnc(NS(=O)(=O)c2cc(Br)c(Cl)s2)s1. The second kappa shape index (κ2) is 5.98. The number of nitrogens with zero attached hydrogens (tertiary/aromatic N) is 1. The van der Waals surface area contributed by atoms with Crippen molar-refractivity contribution in [1.82, 2.24) is 4.98 Å². The quantitative estimate of drug-likeness (QED) is 0.800. The number of aliphatic carboxylic acids is 1. The van der Waals surface area contributed by atoms with Gasteiger partial charge in [-0.1, -0.05) is 11.6 Å². The monoisotopic (exact) mass is 415 g/mol. The summed E-state index contributed by atoms with van der Waals surface area (Å²) in [6.45, 7) is 0. The molecule has 2 aromatic heterocycles. The molecule has 2 aromatic rings. The number of thiophene rings is 1. The highest BCUT2D eigenvalue weighted by Crippen LogP contribution is 2.35. The van der Waals surface area contributed by atoms with Crippen molar-refractivity contribution in [3.05, 3.63) is 25.9 Å². The molecule has 0 aliphatic heterocycles. The average molecular weight is 417 g/mol. The number of sulfonamides is 1. The summed E-state index contributed by atoms with van der Waals surface area (Å²) in [5.41, 5.74) is 0. The molecule has 0 aromatic carbocycles. The van der Waals surface area contributed by atoms with Crippen molar-refractivity contribution in [2.24, 2.45) is 0 Å². The molecule has 11 heteroatoms. The molecule has 0 saturated heterocycles. The average Bonchev–Trinajstić information content (AvgIpc) is 2.86. The van der Waals surface area contributed by atoms with E-state index in [1.54, 1.807) is 0 Å². The summed E-state index contributed by atoms with van der Waals surface area (Å²) in [7, 11) is -3.79. The van der Waals surface area contributed by atoms with Crippen LogP contribution in [0, 0.1) is 0 Å². The molecule has 1 N–H and O–H groups in total. The lowest BCUT2D eigenvalue weighted by molar-refractivity contribution is -0.304. The van der Waals surface area contributed by atoms with Crippen LogP contribution in [0.3, 0.4) is 0 Å². The zero-order valence-electron chi connectivity index (χ0n) is 9.42. The highest BCUT2D eigenvalue weighted by Gasteiger charge is 2.20. The lowest BCUT2D eigenvalue weighted by Gasteiger charge is -2.01. The third-order valence-electron chi connectivity index (χ3n) is 1.98. The topological polar surface area (TPSA) is 99.2 Å². The van der Waals surface area contributed by atoms with Gasteiger partial charge in [-0.3, -0.25) is 4.72 Å². The third kappa shape index (κ3) is 3.70. The van der Waals surface area contributed by atoms with Crippen LogP contribution >= 0.6 is 50.2 Å². The zero-order valence-corrected chi connectivity index (χ0v) is 14.2. The van der Waals surface area contributed by atoms with E-state index in [4.69, 9.17) is 11.6 Å². The number of anilines is 1. The molecule has 0 bridgehead atoms. The number of carbonyl (C=O) groups is 1. The van der Waals surface area contributed by atoms with E-state index in [1.807, 2.05) is 0 Å². The number of thiazole rings is 1. The number of carbonyl (C=O) groups excluding carboxylic acids is 1. The van der Waals surface area contributed by atoms with Crippen LogP contribution < -0.4 is 9.83 Å². The van der Waals surface area contributed by atoms with E-state index in [9.17, 15) is 18.3 Å². The number of nitrogens with one attached hydrogen (secondary N) is 1. The van der Waals surface area contributed by atoms with Crippen LogP contribution in [-0.4, -0.2) is 19.4 Å². The second-order valence-corrected chi connectivity index (χ2v) is 9.01. The molecule has 2 rings (SSSR count). The van der Waals surface area contributed by atoms with Crippen molar-refractivity contribution < 1.29 is 18.3 Å². The highest BCUT2D eigenvalue weighted by atomic mass is 79.9. The van der Waals surface area contributed by atoms with Gasteiger partial charge < -0.3 is 9.90 Å². The number of aromatic nitrogens is 1. The molecule has 0 aliphatic carbocycles. The van der Waals surface area contributed by atoms with Gasteiger partial charge in [0.15, 0.2) is 5.13 Å². The van der Waals surface area contributed by atoms with Crippen molar-refractivity contribution in [3.63, 3.8) is 0 Å². The van der Waals surface area contributed by atoms with Crippen molar-refractivity contribution >= 4 is 71.3 Å². The summed E-state index contributed by atoms with van der Waals surface area (Å²) in [6.07, 6.45) is 0.978. The van der Waals surface area contributed by atoms with Gasteiger partial charge in [0.25, 0.3) is 10.0 Å². The predicted octanol–water partition coefficient (Wildman–Crippen LogP) is 1.71. The number of halogens is 2. The standard InChI is InChI=1S/C9H6BrClN2O4S3/c10-5-2-7(19-8(5)11)20(16,17)13-9-12-3-4(18-9)1-6(14)15/h2-3H,1H2,(H,12,13)(H,14,15)/p-1. The molecule has 6 nitrogen and oxygen atoms in total. The van der Waals surface area contributed by atoms with Gasteiger partial charge in [0.05, 0.1) is 0 Å². The molecule has 0 spiro atoms. The lowest BCUT2D eigenvalue weighted by Crippen LogP contribution is -2.23. The summed E-state index contributed by atoms with van der Waals surface area (Å²) in [5.74, 6) is -1.25. The highest BCUT2D eigenvalue weighted by molar-refractivity contribution is 9.10. The molecule has 0 unspecified atom stereocenters. The molecular formula is C9H5BrClN2O4S3-. The molecule has 108 valence electrons. The van der Waals surface area contributed by atoms with E-state index < -0.39 is 16.0 Å². The van der Waals surface area contributed by atoms with Gasteiger partial charge >= 0.3 is 0 Å². The smallest absolute Gasteiger partial charge is 0.273 e. The first-order valence-corrected chi connectivity index (χ1v) is 9.19. The summed E-state index contributed by atoms with van der Waals surface area (Å²) in [6, 6.07) is 1.38. The van der Waals surface area contributed by atoms with Crippen LogP contribution in [0.15, 0.2) is 20.9 Å². The van der Waals surface area contributed by atoms with Crippen LogP contribution in [0.5, 0.6) is 0 Å². The van der Waals surface area contributed by atoms with Crippen molar-refractivity contribution in [1.29, 1.82) is 0 Å². The first-order chi connectivity index (χ1) is 9.28. The summed E-state index contributed by atoms with van der Waals surface area (Å²) in [4.78, 5) is 14.6. The largest absolute Gasteiger partial charge is 0.550 e. The summed E-state index contributed by atoms with van der Waals surface area (Å²) < 4.78 is 27.2. The first-order valence-electron chi connectivity index (χ1n) is 4.90. The Bertz CT molecular complexity index is 736. The second-order valence-electron chi connectivity index (χ2n) is 3.47. The number of hydrogen-bond donors (Lipinski definition) is 1. The molecule has 20 heavy (non-hydrogen) atoms. The van der Waals surface area contributed by atoms with Gasteiger partial charge in [-0.15, -0.1) is 22.7 Å². The first kappa shape index (κ1) is 15.7. The van der Waals surface area contributed by atoms with Gasteiger partial charge in [-0.05, 0) is 22.0 Å². The molecule has 2 heterocycles. The van der Waals surface area contributed by atoms with Gasteiger partial charge in [0, 0.05) is 27.9 Å². The molecular weight excluding hydrogens is 412 g/mol. The van der Waals surface area contributed by atoms with Crippen molar-refractivity contribution in [3.8, 4) is 0 Å². The van der Waals surface area contributed by atoms with E-state index >= 15 is 0 Å². The van der Waals surface area contributed by atoms with Crippen LogP contribution in [0.4, 0.5) is 5.13 Å². The minimum Gasteiger partial charge on any atom is -0.550 e. The fourth-order valence-electron chi connectivity index (χ4n) is 1.20. The number of rotatable bonds is 5. The Morgan fingerprint density at radius 3 is 2.75 bits per heavy atom.